The number of amides is 1. The molecule has 0 aliphatic rings. The topological polar surface area (TPSA) is 50.2 Å². The maximum absolute atomic E-state index is 12.0. The first kappa shape index (κ1) is 14.7. The van der Waals surface area contributed by atoms with Gasteiger partial charge in [-0.3, -0.25) is 9.48 Å². The van der Waals surface area contributed by atoms with E-state index in [0.717, 1.165) is 6.54 Å². The highest BCUT2D eigenvalue weighted by Gasteiger charge is 2.11. The van der Waals surface area contributed by atoms with Gasteiger partial charge in [-0.1, -0.05) is 0 Å². The van der Waals surface area contributed by atoms with Gasteiger partial charge >= 0.3 is 0 Å². The molecule has 0 bridgehead atoms. The predicted octanol–water partition coefficient (Wildman–Crippen LogP) is 1.58. The Morgan fingerprint density at radius 2 is 2.45 bits per heavy atom. The van der Waals surface area contributed by atoms with Crippen molar-refractivity contribution in [2.24, 2.45) is 0 Å². The summed E-state index contributed by atoms with van der Waals surface area (Å²) in [7, 11) is 1.83. The van der Waals surface area contributed by atoms with Crippen molar-refractivity contribution in [1.82, 2.24) is 20.0 Å². The molecule has 0 spiro atoms. The number of nitrogens with one attached hydrogen (secondary N) is 1. The largest absolute Gasteiger partial charge is 0.340 e. The van der Waals surface area contributed by atoms with Crippen LogP contribution in [0, 0.1) is 0 Å². The van der Waals surface area contributed by atoms with Crippen LogP contribution in [0.5, 0.6) is 0 Å². The third kappa shape index (κ3) is 4.47. The molecule has 0 fully saturated rings. The molecule has 2 heterocycles. The van der Waals surface area contributed by atoms with Crippen LogP contribution in [0.15, 0.2) is 35.3 Å². The molecule has 2 rings (SSSR count). The summed E-state index contributed by atoms with van der Waals surface area (Å²) in [5, 5.41) is 11.5. The van der Waals surface area contributed by atoms with Crippen molar-refractivity contribution in [1.29, 1.82) is 0 Å². The molecule has 0 saturated heterocycles. The van der Waals surface area contributed by atoms with Crippen LogP contribution >= 0.6 is 11.3 Å². The average molecular weight is 292 g/mol. The first-order chi connectivity index (χ1) is 9.65. The quantitative estimate of drug-likeness (QED) is 0.843. The van der Waals surface area contributed by atoms with E-state index in [4.69, 9.17) is 0 Å². The van der Waals surface area contributed by atoms with Crippen molar-refractivity contribution in [2.75, 3.05) is 13.6 Å². The highest BCUT2D eigenvalue weighted by molar-refractivity contribution is 7.07. The number of likely N-dealkylation sites (N-methyl/N-ethyl adjacent to an activating group) is 1. The summed E-state index contributed by atoms with van der Waals surface area (Å²) in [6.45, 7) is 3.82. The smallest absolute Gasteiger partial charge is 0.236 e. The Morgan fingerprint density at radius 1 is 1.60 bits per heavy atom. The monoisotopic (exact) mass is 292 g/mol. The van der Waals surface area contributed by atoms with E-state index in [1.54, 1.807) is 22.4 Å². The van der Waals surface area contributed by atoms with Crippen LogP contribution in [0.4, 0.5) is 0 Å². The van der Waals surface area contributed by atoms with Gasteiger partial charge in [-0.2, -0.15) is 16.4 Å². The Morgan fingerprint density at radius 3 is 3.10 bits per heavy atom. The first-order valence-corrected chi connectivity index (χ1v) is 7.55. The number of hydrogen-bond acceptors (Lipinski definition) is 4. The lowest BCUT2D eigenvalue weighted by Gasteiger charge is -2.19. The van der Waals surface area contributed by atoms with Crippen molar-refractivity contribution in [2.45, 2.75) is 26.1 Å². The molecular weight excluding hydrogens is 272 g/mol. The second-order valence-electron chi connectivity index (χ2n) is 4.89. The third-order valence-electron chi connectivity index (χ3n) is 3.05. The molecule has 0 unspecified atom stereocenters. The predicted molar refractivity (Wildman–Crippen MR) is 80.5 cm³/mol. The van der Waals surface area contributed by atoms with E-state index in [0.29, 0.717) is 13.1 Å². The number of aromatic nitrogens is 2. The fourth-order valence-corrected chi connectivity index (χ4v) is 2.55. The molecule has 1 amide bonds. The standard InChI is InChI=1S/C14H20N4OS/c1-12(9-18-6-3-5-16-18)15-8-14(19)17(2)10-13-4-7-20-11-13/h3-7,11-12,15H,8-10H2,1-2H3/t12-/m0/s1. The van der Waals surface area contributed by atoms with Gasteiger partial charge in [0, 0.05) is 32.0 Å². The van der Waals surface area contributed by atoms with Crippen LogP contribution in [0.3, 0.4) is 0 Å². The summed E-state index contributed by atoms with van der Waals surface area (Å²) in [5.74, 6) is 0.100. The lowest BCUT2D eigenvalue weighted by molar-refractivity contribution is -0.129. The maximum Gasteiger partial charge on any atom is 0.236 e. The molecule has 1 N–H and O–H groups in total. The summed E-state index contributed by atoms with van der Waals surface area (Å²) in [5.41, 5.74) is 1.18. The molecule has 20 heavy (non-hydrogen) atoms. The number of carbonyl (C=O) groups excluding carboxylic acids is 1. The lowest BCUT2D eigenvalue weighted by Crippen LogP contribution is -2.40. The highest BCUT2D eigenvalue weighted by Crippen LogP contribution is 2.08. The van der Waals surface area contributed by atoms with E-state index in [1.165, 1.54) is 5.56 Å². The summed E-state index contributed by atoms with van der Waals surface area (Å²) >= 11 is 1.65. The molecule has 108 valence electrons. The second-order valence-corrected chi connectivity index (χ2v) is 5.67. The molecule has 2 aromatic rings. The van der Waals surface area contributed by atoms with Crippen molar-refractivity contribution < 1.29 is 4.79 Å². The molecule has 5 nitrogen and oxygen atoms in total. The van der Waals surface area contributed by atoms with Gasteiger partial charge in [-0.15, -0.1) is 0 Å². The normalized spacial score (nSPS) is 12.3. The Balaban J connectivity index is 1.71. The van der Waals surface area contributed by atoms with Crippen LogP contribution in [-0.4, -0.2) is 40.2 Å². The van der Waals surface area contributed by atoms with Crippen molar-refractivity contribution in [3.63, 3.8) is 0 Å². The number of carbonyl (C=O) groups is 1. The van der Waals surface area contributed by atoms with Crippen molar-refractivity contribution in [3.05, 3.63) is 40.8 Å². The molecule has 0 saturated carbocycles. The van der Waals surface area contributed by atoms with Gasteiger partial charge in [-0.05, 0) is 35.4 Å². The van der Waals surface area contributed by atoms with Crippen LogP contribution in [0.1, 0.15) is 12.5 Å². The fraction of sp³-hybridized carbons (Fsp3) is 0.429. The van der Waals surface area contributed by atoms with Crippen LogP contribution in [-0.2, 0) is 17.9 Å². The zero-order valence-corrected chi connectivity index (χ0v) is 12.6. The molecule has 0 radical (unpaired) electrons. The number of thiophene rings is 1. The second kappa shape index (κ2) is 7.21. The molecule has 0 aliphatic heterocycles. The van der Waals surface area contributed by atoms with Crippen LogP contribution in [0.25, 0.3) is 0 Å². The molecule has 2 aromatic heterocycles. The van der Waals surface area contributed by atoms with E-state index in [-0.39, 0.29) is 11.9 Å². The maximum atomic E-state index is 12.0. The van der Waals surface area contributed by atoms with E-state index in [2.05, 4.69) is 15.8 Å². The van der Waals surface area contributed by atoms with Gasteiger partial charge in [0.1, 0.15) is 0 Å². The van der Waals surface area contributed by atoms with E-state index >= 15 is 0 Å². The Hall–Kier alpha value is -1.66. The number of nitrogens with zero attached hydrogens (tertiary/aromatic N) is 3. The molecular formula is C14H20N4OS. The van der Waals surface area contributed by atoms with Crippen molar-refractivity contribution in [3.8, 4) is 0 Å². The molecule has 1 atom stereocenters. The fourth-order valence-electron chi connectivity index (χ4n) is 1.89. The summed E-state index contributed by atoms with van der Waals surface area (Å²) in [6, 6.07) is 4.14. The minimum absolute atomic E-state index is 0.100. The lowest BCUT2D eigenvalue weighted by atomic mass is 10.3. The Bertz CT molecular complexity index is 509. The van der Waals surface area contributed by atoms with Gasteiger partial charge in [0.05, 0.1) is 13.1 Å². The summed E-state index contributed by atoms with van der Waals surface area (Å²) in [4.78, 5) is 13.8. The van der Waals surface area contributed by atoms with Crippen LogP contribution in [0.2, 0.25) is 0 Å². The minimum atomic E-state index is 0.100. The summed E-state index contributed by atoms with van der Waals surface area (Å²) < 4.78 is 1.86. The molecule has 6 heteroatoms. The Kier molecular flexibility index (Phi) is 5.31. The van der Waals surface area contributed by atoms with Gasteiger partial charge in [-0.25, -0.2) is 0 Å². The molecule has 0 aliphatic carbocycles. The van der Waals surface area contributed by atoms with Gasteiger partial charge in [0.15, 0.2) is 0 Å². The zero-order valence-electron chi connectivity index (χ0n) is 11.8. The van der Waals surface area contributed by atoms with Gasteiger partial charge in [0.25, 0.3) is 0 Å². The zero-order chi connectivity index (χ0) is 14.4. The highest BCUT2D eigenvalue weighted by atomic mass is 32.1. The number of rotatable bonds is 7. The van der Waals surface area contributed by atoms with E-state index in [9.17, 15) is 4.79 Å². The average Bonchev–Trinajstić information content (AvgIpc) is 3.09. The number of hydrogen-bond donors (Lipinski definition) is 1. The first-order valence-electron chi connectivity index (χ1n) is 6.61. The molecule has 0 aromatic carbocycles. The summed E-state index contributed by atoms with van der Waals surface area (Å²) in [6.07, 6.45) is 3.68. The van der Waals surface area contributed by atoms with E-state index in [1.807, 2.05) is 42.4 Å². The van der Waals surface area contributed by atoms with E-state index < -0.39 is 0 Å². The SMILES string of the molecule is C[C@@H](Cn1cccn1)NCC(=O)N(C)Cc1ccsc1. The van der Waals surface area contributed by atoms with Crippen LogP contribution < -0.4 is 5.32 Å². The van der Waals surface area contributed by atoms with Gasteiger partial charge < -0.3 is 10.2 Å². The van der Waals surface area contributed by atoms with Gasteiger partial charge in [0.2, 0.25) is 5.91 Å². The third-order valence-corrected chi connectivity index (χ3v) is 3.78. The minimum Gasteiger partial charge on any atom is -0.340 e. The Labute approximate surface area is 123 Å². The van der Waals surface area contributed by atoms with Crippen molar-refractivity contribution >= 4 is 17.2 Å².